The minimum Gasteiger partial charge on any atom is -0.382 e. The first kappa shape index (κ1) is 22.1. The van der Waals surface area contributed by atoms with Crippen molar-refractivity contribution in [1.29, 1.82) is 0 Å². The fraction of sp³-hybridized carbons (Fsp3) is 0.609. The van der Waals surface area contributed by atoms with Gasteiger partial charge in [-0.3, -0.25) is 9.59 Å². The highest BCUT2D eigenvalue weighted by Gasteiger charge is 2.39. The van der Waals surface area contributed by atoms with Gasteiger partial charge < -0.3 is 21.3 Å². The lowest BCUT2D eigenvalue weighted by Gasteiger charge is -2.42. The van der Waals surface area contributed by atoms with Gasteiger partial charge in [-0.05, 0) is 42.2 Å². The van der Waals surface area contributed by atoms with Crippen LogP contribution in [0.4, 0.5) is 11.5 Å². The van der Waals surface area contributed by atoms with Crippen LogP contribution in [-0.4, -0.2) is 36.4 Å². The molecule has 0 radical (unpaired) electrons. The molecule has 3 rings (SSSR count). The Balaban J connectivity index is 1.73. The predicted molar refractivity (Wildman–Crippen MR) is 120 cm³/mol. The Hall–Kier alpha value is -2.57. The summed E-state index contributed by atoms with van der Waals surface area (Å²) >= 11 is 0. The van der Waals surface area contributed by atoms with E-state index in [0.717, 1.165) is 43.0 Å². The van der Waals surface area contributed by atoms with Crippen molar-refractivity contribution in [3.8, 4) is 0 Å². The highest BCUT2D eigenvalue weighted by Crippen LogP contribution is 2.43. The summed E-state index contributed by atoms with van der Waals surface area (Å²) in [5.41, 5.74) is 2.39. The average Bonchev–Trinajstić information content (AvgIpc) is 2.66. The van der Waals surface area contributed by atoms with Gasteiger partial charge in [0.05, 0.1) is 5.69 Å². The molecular weight excluding hydrogens is 378 g/mol. The zero-order valence-electron chi connectivity index (χ0n) is 19.0. The lowest BCUT2D eigenvalue weighted by atomic mass is 9.68. The summed E-state index contributed by atoms with van der Waals surface area (Å²) in [5.74, 6) is 0.508. The number of anilines is 2. The maximum absolute atomic E-state index is 12.5. The Morgan fingerprint density at radius 3 is 2.60 bits per heavy atom. The van der Waals surface area contributed by atoms with Crippen molar-refractivity contribution in [2.45, 2.75) is 65.8 Å². The minimum absolute atomic E-state index is 0.0171. The minimum atomic E-state index is -0.309. The van der Waals surface area contributed by atoms with Gasteiger partial charge in [-0.15, -0.1) is 0 Å². The van der Waals surface area contributed by atoms with Crippen molar-refractivity contribution in [1.82, 2.24) is 15.6 Å². The second-order valence-corrected chi connectivity index (χ2v) is 10.3. The van der Waals surface area contributed by atoms with Crippen molar-refractivity contribution < 1.29 is 9.59 Å². The van der Waals surface area contributed by atoms with Crippen molar-refractivity contribution in [3.63, 3.8) is 0 Å². The van der Waals surface area contributed by atoms with Crippen molar-refractivity contribution in [2.24, 2.45) is 10.8 Å². The molecule has 7 nitrogen and oxygen atoms in total. The molecule has 4 N–H and O–H groups in total. The third-order valence-electron chi connectivity index (χ3n) is 6.12. The van der Waals surface area contributed by atoms with Crippen LogP contribution < -0.4 is 21.3 Å². The molecule has 164 valence electrons. The number of hydrogen-bond donors (Lipinski definition) is 4. The molecule has 30 heavy (non-hydrogen) atoms. The molecule has 1 fully saturated rings. The molecule has 0 spiro atoms. The Labute approximate surface area is 179 Å². The molecule has 2 atom stereocenters. The zero-order valence-corrected chi connectivity index (χ0v) is 19.0. The summed E-state index contributed by atoms with van der Waals surface area (Å²) < 4.78 is 0. The molecule has 7 heteroatoms. The van der Waals surface area contributed by atoms with Gasteiger partial charge in [0.2, 0.25) is 0 Å². The van der Waals surface area contributed by atoms with Gasteiger partial charge in [0, 0.05) is 37.4 Å². The molecule has 2 heterocycles. The van der Waals surface area contributed by atoms with Gasteiger partial charge in [0.25, 0.3) is 11.8 Å². The number of pyridine rings is 1. The Morgan fingerprint density at radius 2 is 2.03 bits per heavy atom. The van der Waals surface area contributed by atoms with Gasteiger partial charge in [-0.2, -0.15) is 0 Å². The van der Waals surface area contributed by atoms with Crippen LogP contribution in [0.25, 0.3) is 0 Å². The first-order valence-electron chi connectivity index (χ1n) is 10.7. The van der Waals surface area contributed by atoms with Crippen LogP contribution in [0.3, 0.4) is 0 Å². The number of rotatable bonds is 6. The van der Waals surface area contributed by atoms with Gasteiger partial charge in [-0.1, -0.05) is 34.6 Å². The largest absolute Gasteiger partial charge is 0.382 e. The molecule has 0 bridgehead atoms. The Morgan fingerprint density at radius 1 is 1.30 bits per heavy atom. The van der Waals surface area contributed by atoms with E-state index in [1.807, 2.05) is 7.05 Å². The lowest BCUT2D eigenvalue weighted by molar-refractivity contribution is -0.125. The number of hydrogen-bond acceptors (Lipinski definition) is 5. The lowest BCUT2D eigenvalue weighted by Crippen LogP contribution is -2.51. The van der Waals surface area contributed by atoms with Crippen molar-refractivity contribution >= 4 is 23.3 Å². The summed E-state index contributed by atoms with van der Waals surface area (Å²) in [6, 6.07) is 4.17. The smallest absolute Gasteiger partial charge is 0.262 e. The van der Waals surface area contributed by atoms with Crippen LogP contribution in [0, 0.1) is 10.8 Å². The molecule has 1 aromatic rings. The number of nitrogens with one attached hydrogen (secondary N) is 4. The standard InChI is InChI=1S/C23H35N5O2/c1-22(2,3)13-26-17-8-7-16(27-19(17)24-6)14-9-10-23(4,5)18(11-14)28-21(30)15-12-25-20(15)29/h7-8,12,14,18,26H,9-11,13H2,1-6H3,(H,24,27)(H,25,29)(H,28,30). The molecule has 0 saturated heterocycles. The average molecular weight is 414 g/mol. The number of carbonyl (C=O) groups is 2. The molecule has 2 unspecified atom stereocenters. The second-order valence-electron chi connectivity index (χ2n) is 10.3. The molecular formula is C23H35N5O2. The molecule has 2 amide bonds. The number of aromatic nitrogens is 1. The van der Waals surface area contributed by atoms with Crippen molar-refractivity contribution in [2.75, 3.05) is 24.2 Å². The van der Waals surface area contributed by atoms with Crippen LogP contribution >= 0.6 is 0 Å². The molecule has 1 aromatic heterocycles. The summed E-state index contributed by atoms with van der Waals surface area (Å²) in [4.78, 5) is 28.9. The highest BCUT2D eigenvalue weighted by molar-refractivity contribution is 6.22. The maximum atomic E-state index is 12.5. The van der Waals surface area contributed by atoms with E-state index in [1.54, 1.807) is 0 Å². The summed E-state index contributed by atoms with van der Waals surface area (Å²) in [6.45, 7) is 11.8. The summed E-state index contributed by atoms with van der Waals surface area (Å²) in [7, 11) is 1.89. The highest BCUT2D eigenvalue weighted by atomic mass is 16.2. The number of amides is 2. The topological polar surface area (TPSA) is 95.2 Å². The molecule has 0 aromatic carbocycles. The third kappa shape index (κ3) is 4.94. The van der Waals surface area contributed by atoms with E-state index in [1.165, 1.54) is 6.20 Å². The van der Waals surface area contributed by atoms with Gasteiger partial charge in [0.1, 0.15) is 11.4 Å². The second kappa shape index (κ2) is 8.28. The number of nitrogens with zero attached hydrogens (tertiary/aromatic N) is 1. The van der Waals surface area contributed by atoms with Crippen LogP contribution in [-0.2, 0) is 9.59 Å². The Kier molecular flexibility index (Phi) is 6.11. The van der Waals surface area contributed by atoms with Crippen LogP contribution in [0.1, 0.15) is 65.5 Å². The van der Waals surface area contributed by atoms with Crippen LogP contribution in [0.2, 0.25) is 0 Å². The Bertz CT molecular complexity index is 854. The van der Waals surface area contributed by atoms with Crippen LogP contribution in [0.5, 0.6) is 0 Å². The fourth-order valence-corrected chi connectivity index (χ4v) is 3.97. The number of carbonyl (C=O) groups excluding carboxylic acids is 2. The predicted octanol–water partition coefficient (Wildman–Crippen LogP) is 3.37. The van der Waals surface area contributed by atoms with Gasteiger partial charge in [0.15, 0.2) is 0 Å². The van der Waals surface area contributed by atoms with E-state index in [4.69, 9.17) is 4.98 Å². The van der Waals surface area contributed by atoms with E-state index < -0.39 is 0 Å². The van der Waals surface area contributed by atoms with Crippen molar-refractivity contribution in [3.05, 3.63) is 29.6 Å². The van der Waals surface area contributed by atoms with E-state index in [-0.39, 0.29) is 40.2 Å². The van der Waals surface area contributed by atoms with E-state index in [0.29, 0.717) is 0 Å². The summed E-state index contributed by atoms with van der Waals surface area (Å²) in [6.07, 6.45) is 4.27. The van der Waals surface area contributed by atoms with Crippen LogP contribution in [0.15, 0.2) is 23.9 Å². The maximum Gasteiger partial charge on any atom is 0.262 e. The molecule has 2 aliphatic rings. The quantitative estimate of drug-likeness (QED) is 0.537. The fourth-order valence-electron chi connectivity index (χ4n) is 3.97. The zero-order chi connectivity index (χ0) is 22.1. The molecule has 1 aliphatic heterocycles. The van der Waals surface area contributed by atoms with E-state index in [2.05, 4.69) is 68.0 Å². The van der Waals surface area contributed by atoms with Gasteiger partial charge in [-0.25, -0.2) is 4.98 Å². The van der Waals surface area contributed by atoms with Gasteiger partial charge >= 0.3 is 0 Å². The first-order chi connectivity index (χ1) is 14.0. The first-order valence-corrected chi connectivity index (χ1v) is 10.7. The molecule has 1 aliphatic carbocycles. The monoisotopic (exact) mass is 413 g/mol. The van der Waals surface area contributed by atoms with E-state index >= 15 is 0 Å². The summed E-state index contributed by atoms with van der Waals surface area (Å²) in [5, 5.41) is 12.3. The van der Waals surface area contributed by atoms with E-state index in [9.17, 15) is 9.59 Å². The third-order valence-corrected chi connectivity index (χ3v) is 6.12. The SMILES string of the molecule is CNc1nc(C2CCC(C)(C)C(NC(=O)C3=CNC3=O)C2)ccc1NCC(C)(C)C. The normalized spacial score (nSPS) is 23.0. The molecule has 1 saturated carbocycles.